The SMILES string of the molecule is O=C1CCCCC1C(=O)C(F)(F)F. The summed E-state index contributed by atoms with van der Waals surface area (Å²) in [6.45, 7) is 0. The van der Waals surface area contributed by atoms with Gasteiger partial charge in [-0.3, -0.25) is 9.59 Å². The predicted octanol–water partition coefficient (Wildman–Crippen LogP) is 1.88. The Morgan fingerprint density at radius 2 is 1.92 bits per heavy atom. The van der Waals surface area contributed by atoms with Gasteiger partial charge in [0.2, 0.25) is 5.78 Å². The zero-order chi connectivity index (χ0) is 10.1. The van der Waals surface area contributed by atoms with E-state index in [1.165, 1.54) is 0 Å². The number of Topliss-reactive ketones (excluding diaryl/α,β-unsaturated/α-hetero) is 2. The lowest BCUT2D eigenvalue weighted by Crippen LogP contribution is -2.36. The van der Waals surface area contributed by atoms with Gasteiger partial charge in [0.15, 0.2) is 0 Å². The smallest absolute Gasteiger partial charge is 0.299 e. The van der Waals surface area contributed by atoms with Crippen LogP contribution in [0.5, 0.6) is 0 Å². The Bertz CT molecular complexity index is 232. The second-order valence-electron chi connectivity index (χ2n) is 3.13. The van der Waals surface area contributed by atoms with Crippen molar-refractivity contribution in [3.63, 3.8) is 0 Å². The van der Waals surface area contributed by atoms with Crippen molar-refractivity contribution in [3.05, 3.63) is 0 Å². The fraction of sp³-hybridized carbons (Fsp3) is 0.750. The van der Waals surface area contributed by atoms with E-state index in [0.29, 0.717) is 12.8 Å². The fourth-order valence-corrected chi connectivity index (χ4v) is 1.46. The summed E-state index contributed by atoms with van der Waals surface area (Å²) in [5.74, 6) is -3.86. The highest BCUT2D eigenvalue weighted by atomic mass is 19.4. The summed E-state index contributed by atoms with van der Waals surface area (Å²) < 4.78 is 35.7. The first-order chi connectivity index (χ1) is 5.93. The summed E-state index contributed by atoms with van der Waals surface area (Å²) in [5.41, 5.74) is 0. The molecule has 0 aliphatic heterocycles. The van der Waals surface area contributed by atoms with Crippen molar-refractivity contribution < 1.29 is 22.8 Å². The van der Waals surface area contributed by atoms with Crippen LogP contribution in [-0.4, -0.2) is 17.7 Å². The first-order valence-electron chi connectivity index (χ1n) is 4.06. The molecule has 0 saturated heterocycles. The van der Waals surface area contributed by atoms with Crippen molar-refractivity contribution in [2.24, 2.45) is 5.92 Å². The van der Waals surface area contributed by atoms with Gasteiger partial charge in [-0.05, 0) is 12.8 Å². The molecular weight excluding hydrogens is 185 g/mol. The van der Waals surface area contributed by atoms with Gasteiger partial charge in [-0.25, -0.2) is 0 Å². The minimum Gasteiger partial charge on any atom is -0.299 e. The number of rotatable bonds is 1. The molecule has 1 unspecified atom stereocenters. The minimum absolute atomic E-state index is 0.0528. The lowest BCUT2D eigenvalue weighted by molar-refractivity contribution is -0.177. The molecule has 2 nitrogen and oxygen atoms in total. The van der Waals surface area contributed by atoms with Crippen LogP contribution in [0.2, 0.25) is 0 Å². The third-order valence-electron chi connectivity index (χ3n) is 2.15. The number of carbonyl (C=O) groups is 2. The fourth-order valence-electron chi connectivity index (χ4n) is 1.46. The number of ketones is 2. The number of hydrogen-bond acceptors (Lipinski definition) is 2. The van der Waals surface area contributed by atoms with Gasteiger partial charge in [-0.1, -0.05) is 6.42 Å². The Morgan fingerprint density at radius 1 is 1.31 bits per heavy atom. The van der Waals surface area contributed by atoms with Gasteiger partial charge in [0.25, 0.3) is 0 Å². The molecule has 74 valence electrons. The molecule has 1 aliphatic rings. The Morgan fingerprint density at radius 3 is 2.38 bits per heavy atom. The molecule has 0 radical (unpaired) electrons. The molecule has 0 amide bonds. The molecule has 0 N–H and O–H groups in total. The second kappa shape index (κ2) is 3.47. The number of carbonyl (C=O) groups excluding carboxylic acids is 2. The molecule has 5 heteroatoms. The van der Waals surface area contributed by atoms with E-state index in [0.717, 1.165) is 0 Å². The molecule has 1 fully saturated rings. The van der Waals surface area contributed by atoms with Crippen LogP contribution in [0.25, 0.3) is 0 Å². The predicted molar refractivity (Wildman–Crippen MR) is 38.0 cm³/mol. The molecule has 0 aromatic rings. The average molecular weight is 194 g/mol. The van der Waals surface area contributed by atoms with Crippen molar-refractivity contribution in [1.29, 1.82) is 0 Å². The van der Waals surface area contributed by atoms with Gasteiger partial charge < -0.3 is 0 Å². The van der Waals surface area contributed by atoms with E-state index < -0.39 is 23.7 Å². The number of hydrogen-bond donors (Lipinski definition) is 0. The van der Waals surface area contributed by atoms with E-state index in [9.17, 15) is 22.8 Å². The third-order valence-corrected chi connectivity index (χ3v) is 2.15. The highest BCUT2D eigenvalue weighted by molar-refractivity contribution is 6.05. The highest BCUT2D eigenvalue weighted by Crippen LogP contribution is 2.28. The third kappa shape index (κ3) is 2.29. The first kappa shape index (κ1) is 10.2. The maximum Gasteiger partial charge on any atom is 0.450 e. The largest absolute Gasteiger partial charge is 0.450 e. The van der Waals surface area contributed by atoms with Crippen LogP contribution >= 0.6 is 0 Å². The average Bonchev–Trinajstić information content (AvgIpc) is 2.02. The van der Waals surface area contributed by atoms with Crippen molar-refractivity contribution in [3.8, 4) is 0 Å². The van der Waals surface area contributed by atoms with Crippen LogP contribution in [0.3, 0.4) is 0 Å². The van der Waals surface area contributed by atoms with E-state index in [2.05, 4.69) is 0 Å². The van der Waals surface area contributed by atoms with E-state index in [-0.39, 0.29) is 12.8 Å². The summed E-state index contributed by atoms with van der Waals surface area (Å²) >= 11 is 0. The Kier molecular flexibility index (Phi) is 2.73. The molecule has 0 aromatic heterocycles. The Labute approximate surface area is 73.1 Å². The summed E-state index contributed by atoms with van der Waals surface area (Å²) in [7, 11) is 0. The highest BCUT2D eigenvalue weighted by Gasteiger charge is 2.46. The monoisotopic (exact) mass is 194 g/mol. The van der Waals surface area contributed by atoms with Gasteiger partial charge in [0.05, 0.1) is 5.92 Å². The van der Waals surface area contributed by atoms with Crippen LogP contribution < -0.4 is 0 Å². The van der Waals surface area contributed by atoms with Gasteiger partial charge in [0.1, 0.15) is 5.78 Å². The second-order valence-corrected chi connectivity index (χ2v) is 3.13. The zero-order valence-electron chi connectivity index (χ0n) is 6.86. The number of halogens is 3. The topological polar surface area (TPSA) is 34.1 Å². The van der Waals surface area contributed by atoms with Gasteiger partial charge in [-0.2, -0.15) is 13.2 Å². The first-order valence-corrected chi connectivity index (χ1v) is 4.06. The van der Waals surface area contributed by atoms with E-state index in [1.807, 2.05) is 0 Å². The van der Waals surface area contributed by atoms with Crippen LogP contribution in [0.1, 0.15) is 25.7 Å². The molecule has 1 atom stereocenters. The molecule has 0 aromatic carbocycles. The van der Waals surface area contributed by atoms with Crippen molar-refractivity contribution in [2.75, 3.05) is 0 Å². The van der Waals surface area contributed by atoms with Gasteiger partial charge >= 0.3 is 6.18 Å². The molecule has 13 heavy (non-hydrogen) atoms. The van der Waals surface area contributed by atoms with Crippen molar-refractivity contribution in [1.82, 2.24) is 0 Å². The molecule has 0 spiro atoms. The normalized spacial score (nSPS) is 24.5. The summed E-state index contributed by atoms with van der Waals surface area (Å²) in [6, 6.07) is 0. The minimum atomic E-state index is -4.86. The lowest BCUT2D eigenvalue weighted by Gasteiger charge is -2.19. The standard InChI is InChI=1S/C8H9F3O2/c9-8(10,11)7(13)5-3-1-2-4-6(5)12/h5H,1-4H2. The maximum absolute atomic E-state index is 11.9. The molecule has 1 saturated carbocycles. The Balaban J connectivity index is 2.70. The molecule has 1 aliphatic carbocycles. The lowest BCUT2D eigenvalue weighted by atomic mass is 9.85. The molecule has 1 rings (SSSR count). The van der Waals surface area contributed by atoms with Crippen LogP contribution in [0.15, 0.2) is 0 Å². The van der Waals surface area contributed by atoms with Crippen LogP contribution in [0.4, 0.5) is 13.2 Å². The van der Waals surface area contributed by atoms with Crippen LogP contribution in [0, 0.1) is 5.92 Å². The number of alkyl halides is 3. The van der Waals surface area contributed by atoms with Gasteiger partial charge in [0, 0.05) is 6.42 Å². The van der Waals surface area contributed by atoms with E-state index >= 15 is 0 Å². The van der Waals surface area contributed by atoms with Crippen molar-refractivity contribution >= 4 is 11.6 Å². The van der Waals surface area contributed by atoms with E-state index in [4.69, 9.17) is 0 Å². The zero-order valence-corrected chi connectivity index (χ0v) is 6.86. The van der Waals surface area contributed by atoms with E-state index in [1.54, 1.807) is 0 Å². The summed E-state index contributed by atoms with van der Waals surface area (Å²) in [6.07, 6.45) is -3.58. The van der Waals surface area contributed by atoms with Gasteiger partial charge in [-0.15, -0.1) is 0 Å². The van der Waals surface area contributed by atoms with Crippen molar-refractivity contribution in [2.45, 2.75) is 31.9 Å². The Hall–Kier alpha value is -0.870. The summed E-state index contributed by atoms with van der Waals surface area (Å²) in [4.78, 5) is 21.6. The molecule has 0 bridgehead atoms. The maximum atomic E-state index is 11.9. The van der Waals surface area contributed by atoms with Crippen LogP contribution in [-0.2, 0) is 9.59 Å². The molecule has 0 heterocycles. The summed E-state index contributed by atoms with van der Waals surface area (Å²) in [5, 5.41) is 0. The molecular formula is C8H9F3O2. The quantitative estimate of drug-likeness (QED) is 0.597.